The Hall–Kier alpha value is -2.36. The van der Waals surface area contributed by atoms with Crippen LogP contribution in [0.4, 0.5) is 5.69 Å². The van der Waals surface area contributed by atoms with Crippen LogP contribution in [0, 0.1) is 6.92 Å². The molecule has 2 rings (SSSR count). The minimum atomic E-state index is -0.193. The molecule has 0 bridgehead atoms. The van der Waals surface area contributed by atoms with E-state index in [2.05, 4.69) is 10.3 Å². The Morgan fingerprint density at radius 2 is 2.00 bits per heavy atom. The highest BCUT2D eigenvalue weighted by Gasteiger charge is 2.07. The van der Waals surface area contributed by atoms with Gasteiger partial charge in [-0.15, -0.1) is 0 Å². The number of nitrogen functional groups attached to an aromatic ring is 1. The first-order valence-electron chi connectivity index (χ1n) is 5.72. The van der Waals surface area contributed by atoms with E-state index in [4.69, 9.17) is 5.73 Å². The molecule has 0 spiro atoms. The average Bonchev–Trinajstić information content (AvgIpc) is 2.37. The number of amides is 1. The van der Waals surface area contributed by atoms with Crippen molar-refractivity contribution in [1.29, 1.82) is 0 Å². The highest BCUT2D eigenvalue weighted by molar-refractivity contribution is 5.92. The van der Waals surface area contributed by atoms with Gasteiger partial charge in [0.2, 0.25) is 0 Å². The van der Waals surface area contributed by atoms with Crippen LogP contribution in [0.15, 0.2) is 42.5 Å². The molecule has 92 valence electrons. The molecule has 0 saturated heterocycles. The van der Waals surface area contributed by atoms with Gasteiger partial charge < -0.3 is 11.1 Å². The van der Waals surface area contributed by atoms with Crippen LogP contribution in [0.5, 0.6) is 0 Å². The molecule has 0 aliphatic rings. The minimum absolute atomic E-state index is 0.193. The van der Waals surface area contributed by atoms with Gasteiger partial charge in [0.15, 0.2) is 0 Å². The van der Waals surface area contributed by atoms with Crippen molar-refractivity contribution in [3.63, 3.8) is 0 Å². The van der Waals surface area contributed by atoms with Gasteiger partial charge >= 0.3 is 0 Å². The number of rotatable bonds is 3. The van der Waals surface area contributed by atoms with E-state index in [0.717, 1.165) is 11.3 Å². The quantitative estimate of drug-likeness (QED) is 0.806. The number of aryl methyl sites for hydroxylation is 1. The van der Waals surface area contributed by atoms with Crippen molar-refractivity contribution in [2.24, 2.45) is 0 Å². The first-order valence-corrected chi connectivity index (χ1v) is 5.72. The molecule has 1 aromatic heterocycles. The normalized spacial score (nSPS) is 10.1. The number of carbonyl (C=O) groups excluding carboxylic acids is 1. The summed E-state index contributed by atoms with van der Waals surface area (Å²) in [6.07, 6.45) is 0. The highest BCUT2D eigenvalue weighted by Crippen LogP contribution is 2.10. The fourth-order valence-corrected chi connectivity index (χ4v) is 1.63. The third-order valence-corrected chi connectivity index (χ3v) is 2.62. The van der Waals surface area contributed by atoms with Crippen LogP contribution in [0.1, 0.15) is 21.7 Å². The first kappa shape index (κ1) is 12.1. The van der Waals surface area contributed by atoms with E-state index >= 15 is 0 Å². The molecule has 2 aromatic rings. The largest absolute Gasteiger partial charge is 0.398 e. The Morgan fingerprint density at radius 1 is 1.22 bits per heavy atom. The predicted molar refractivity (Wildman–Crippen MR) is 71.0 cm³/mol. The molecule has 0 unspecified atom stereocenters. The van der Waals surface area contributed by atoms with E-state index in [0.29, 0.717) is 17.9 Å². The van der Waals surface area contributed by atoms with Crippen molar-refractivity contribution in [1.82, 2.24) is 10.3 Å². The summed E-state index contributed by atoms with van der Waals surface area (Å²) in [6.45, 7) is 2.26. The van der Waals surface area contributed by atoms with Crippen LogP contribution in [0.2, 0.25) is 0 Å². The molecular formula is C14H15N3O. The molecule has 1 heterocycles. The molecule has 0 aliphatic carbocycles. The summed E-state index contributed by atoms with van der Waals surface area (Å²) in [5.41, 5.74) is 8.62. The van der Waals surface area contributed by atoms with Crippen molar-refractivity contribution in [3.8, 4) is 0 Å². The van der Waals surface area contributed by atoms with Crippen LogP contribution in [0.3, 0.4) is 0 Å². The van der Waals surface area contributed by atoms with Crippen LogP contribution < -0.4 is 11.1 Å². The summed E-state index contributed by atoms with van der Waals surface area (Å²) in [6, 6.07) is 12.8. The summed E-state index contributed by atoms with van der Waals surface area (Å²) in [4.78, 5) is 16.0. The Morgan fingerprint density at radius 3 is 2.72 bits per heavy atom. The van der Waals surface area contributed by atoms with Gasteiger partial charge in [0.1, 0.15) is 5.69 Å². The van der Waals surface area contributed by atoms with E-state index in [1.165, 1.54) is 0 Å². The number of anilines is 1. The number of pyridine rings is 1. The molecular weight excluding hydrogens is 226 g/mol. The second kappa shape index (κ2) is 5.31. The standard InChI is InChI=1S/C14H15N3O/c1-10-5-4-8-13(17-10)14(18)16-9-11-6-2-3-7-12(11)15/h2-8H,9,15H2,1H3,(H,16,18). The van der Waals surface area contributed by atoms with E-state index in [-0.39, 0.29) is 5.91 Å². The molecule has 0 radical (unpaired) electrons. The lowest BCUT2D eigenvalue weighted by Crippen LogP contribution is -2.24. The Bertz CT molecular complexity index is 566. The lowest BCUT2D eigenvalue weighted by atomic mass is 10.2. The second-order valence-electron chi connectivity index (χ2n) is 4.05. The third kappa shape index (κ3) is 2.85. The molecule has 0 aliphatic heterocycles. The highest BCUT2D eigenvalue weighted by atomic mass is 16.1. The van der Waals surface area contributed by atoms with Gasteiger partial charge in [-0.3, -0.25) is 4.79 Å². The maximum atomic E-state index is 11.9. The number of aromatic nitrogens is 1. The molecule has 0 atom stereocenters. The van der Waals surface area contributed by atoms with Gasteiger partial charge in [0.25, 0.3) is 5.91 Å². The molecule has 1 aromatic carbocycles. The van der Waals surface area contributed by atoms with E-state index < -0.39 is 0 Å². The number of hydrogen-bond donors (Lipinski definition) is 2. The number of para-hydroxylation sites is 1. The number of benzene rings is 1. The van der Waals surface area contributed by atoms with Gasteiger partial charge in [0.05, 0.1) is 0 Å². The molecule has 1 amide bonds. The summed E-state index contributed by atoms with van der Waals surface area (Å²) in [5, 5.41) is 2.80. The molecule has 18 heavy (non-hydrogen) atoms. The molecule has 3 N–H and O–H groups in total. The fraction of sp³-hybridized carbons (Fsp3) is 0.143. The Labute approximate surface area is 106 Å². The molecule has 4 heteroatoms. The zero-order valence-electron chi connectivity index (χ0n) is 10.2. The fourth-order valence-electron chi connectivity index (χ4n) is 1.63. The van der Waals surface area contributed by atoms with Crippen LogP contribution in [0.25, 0.3) is 0 Å². The monoisotopic (exact) mass is 241 g/mol. The van der Waals surface area contributed by atoms with Crippen LogP contribution >= 0.6 is 0 Å². The Kier molecular flexibility index (Phi) is 3.57. The predicted octanol–water partition coefficient (Wildman–Crippen LogP) is 1.90. The summed E-state index contributed by atoms with van der Waals surface area (Å²) in [5.74, 6) is -0.193. The first-order chi connectivity index (χ1) is 8.66. The smallest absolute Gasteiger partial charge is 0.270 e. The van der Waals surface area contributed by atoms with Gasteiger partial charge in [-0.2, -0.15) is 0 Å². The maximum Gasteiger partial charge on any atom is 0.270 e. The third-order valence-electron chi connectivity index (χ3n) is 2.62. The molecule has 0 fully saturated rings. The second-order valence-corrected chi connectivity index (χ2v) is 4.05. The SMILES string of the molecule is Cc1cccc(C(=O)NCc2ccccc2N)n1. The van der Waals surface area contributed by atoms with Crippen LogP contribution in [-0.2, 0) is 6.54 Å². The lowest BCUT2D eigenvalue weighted by molar-refractivity contribution is 0.0946. The summed E-state index contributed by atoms with van der Waals surface area (Å²) >= 11 is 0. The van der Waals surface area contributed by atoms with Crippen molar-refractivity contribution in [3.05, 3.63) is 59.4 Å². The summed E-state index contributed by atoms with van der Waals surface area (Å²) in [7, 11) is 0. The van der Waals surface area contributed by atoms with Crippen LogP contribution in [-0.4, -0.2) is 10.9 Å². The van der Waals surface area contributed by atoms with E-state index in [1.807, 2.05) is 43.3 Å². The topological polar surface area (TPSA) is 68.0 Å². The van der Waals surface area contributed by atoms with Crippen molar-refractivity contribution in [2.75, 3.05) is 5.73 Å². The Balaban J connectivity index is 2.03. The van der Waals surface area contributed by atoms with Crippen molar-refractivity contribution >= 4 is 11.6 Å². The number of nitrogens with one attached hydrogen (secondary N) is 1. The number of nitrogens with two attached hydrogens (primary N) is 1. The van der Waals surface area contributed by atoms with Gasteiger partial charge in [-0.1, -0.05) is 24.3 Å². The lowest BCUT2D eigenvalue weighted by Gasteiger charge is -2.07. The number of carbonyl (C=O) groups is 1. The number of hydrogen-bond acceptors (Lipinski definition) is 3. The molecule has 4 nitrogen and oxygen atoms in total. The van der Waals surface area contributed by atoms with Crippen molar-refractivity contribution in [2.45, 2.75) is 13.5 Å². The van der Waals surface area contributed by atoms with Gasteiger partial charge in [-0.05, 0) is 30.7 Å². The van der Waals surface area contributed by atoms with Gasteiger partial charge in [0, 0.05) is 17.9 Å². The average molecular weight is 241 g/mol. The number of nitrogens with zero attached hydrogens (tertiary/aromatic N) is 1. The zero-order chi connectivity index (χ0) is 13.0. The van der Waals surface area contributed by atoms with Crippen molar-refractivity contribution < 1.29 is 4.79 Å². The maximum absolute atomic E-state index is 11.9. The molecule has 0 saturated carbocycles. The zero-order valence-corrected chi connectivity index (χ0v) is 10.2. The summed E-state index contributed by atoms with van der Waals surface area (Å²) < 4.78 is 0. The van der Waals surface area contributed by atoms with Gasteiger partial charge in [-0.25, -0.2) is 4.98 Å². The van der Waals surface area contributed by atoms with E-state index in [9.17, 15) is 4.79 Å². The van der Waals surface area contributed by atoms with E-state index in [1.54, 1.807) is 6.07 Å². The minimum Gasteiger partial charge on any atom is -0.398 e.